The molecule has 1 aliphatic heterocycles. The van der Waals surface area contributed by atoms with Crippen LogP contribution < -0.4 is 5.32 Å². The molecular formula is C20H28N2O2S. The molecule has 1 aromatic rings. The molecule has 25 heavy (non-hydrogen) atoms. The Labute approximate surface area is 154 Å². The van der Waals surface area contributed by atoms with Crippen LogP contribution in [-0.4, -0.2) is 35.8 Å². The Bertz CT molecular complexity index is 618. The van der Waals surface area contributed by atoms with Crippen LogP contribution in [0, 0.1) is 11.3 Å². The molecule has 2 saturated carbocycles. The van der Waals surface area contributed by atoms with E-state index < -0.39 is 0 Å². The van der Waals surface area contributed by atoms with Crippen LogP contribution in [0.3, 0.4) is 0 Å². The summed E-state index contributed by atoms with van der Waals surface area (Å²) in [6.07, 6.45) is 10.1. The van der Waals surface area contributed by atoms with Crippen LogP contribution in [0.4, 0.5) is 0 Å². The van der Waals surface area contributed by atoms with Crippen LogP contribution in [0.15, 0.2) is 16.8 Å². The summed E-state index contributed by atoms with van der Waals surface area (Å²) in [6, 6.07) is 2.37. The van der Waals surface area contributed by atoms with Crippen LogP contribution in [0.2, 0.25) is 0 Å². The van der Waals surface area contributed by atoms with E-state index in [-0.39, 0.29) is 17.2 Å². The van der Waals surface area contributed by atoms with Crippen LogP contribution in [0.25, 0.3) is 0 Å². The standard InChI is InChI=1S/C20H28N2O2S/c23-18(21-17-5-6-17)7-4-16-12-22(19(24)15-8-11-25-13-15)14-20(16)9-2-1-3-10-20/h8,11,13,16-17H,1-7,9-10,12,14H2,(H,21,23). The fourth-order valence-corrected chi connectivity index (χ4v) is 5.44. The number of nitrogens with zero attached hydrogens (tertiary/aromatic N) is 1. The number of carbonyl (C=O) groups excluding carboxylic acids is 2. The minimum atomic E-state index is 0.177. The third kappa shape index (κ3) is 3.76. The molecule has 1 saturated heterocycles. The minimum Gasteiger partial charge on any atom is -0.353 e. The number of amides is 2. The summed E-state index contributed by atoms with van der Waals surface area (Å²) >= 11 is 1.58. The molecule has 0 bridgehead atoms. The van der Waals surface area contributed by atoms with E-state index in [1.54, 1.807) is 11.3 Å². The first-order valence-electron chi connectivity index (χ1n) is 9.77. The Morgan fingerprint density at radius 1 is 1.24 bits per heavy atom. The molecule has 5 heteroatoms. The van der Waals surface area contributed by atoms with Crippen molar-refractivity contribution in [1.29, 1.82) is 0 Å². The monoisotopic (exact) mass is 360 g/mol. The average molecular weight is 361 g/mol. The molecule has 4 rings (SSSR count). The summed E-state index contributed by atoms with van der Waals surface area (Å²) in [6.45, 7) is 1.71. The Morgan fingerprint density at radius 2 is 2.04 bits per heavy atom. The van der Waals surface area contributed by atoms with Crippen LogP contribution >= 0.6 is 11.3 Å². The maximum Gasteiger partial charge on any atom is 0.254 e. The maximum atomic E-state index is 12.8. The first kappa shape index (κ1) is 17.1. The van der Waals surface area contributed by atoms with Gasteiger partial charge in [-0.15, -0.1) is 0 Å². The van der Waals surface area contributed by atoms with E-state index in [9.17, 15) is 9.59 Å². The van der Waals surface area contributed by atoms with Crippen molar-refractivity contribution in [3.63, 3.8) is 0 Å². The summed E-state index contributed by atoms with van der Waals surface area (Å²) in [7, 11) is 0. The molecule has 1 unspecified atom stereocenters. The first-order valence-corrected chi connectivity index (χ1v) is 10.7. The van der Waals surface area contributed by atoms with Gasteiger partial charge in [-0.25, -0.2) is 0 Å². The number of thiophene rings is 1. The molecule has 4 nitrogen and oxygen atoms in total. The lowest BCUT2D eigenvalue weighted by Crippen LogP contribution is -2.35. The Kier molecular flexibility index (Phi) is 4.85. The minimum absolute atomic E-state index is 0.177. The summed E-state index contributed by atoms with van der Waals surface area (Å²) in [5.41, 5.74) is 1.08. The van der Waals surface area contributed by atoms with Crippen LogP contribution in [0.5, 0.6) is 0 Å². The van der Waals surface area contributed by atoms with Gasteiger partial charge in [-0.3, -0.25) is 9.59 Å². The lowest BCUT2D eigenvalue weighted by molar-refractivity contribution is -0.121. The predicted octanol–water partition coefficient (Wildman–Crippen LogP) is 3.83. The molecule has 2 heterocycles. The van der Waals surface area contributed by atoms with E-state index in [1.165, 1.54) is 32.1 Å². The van der Waals surface area contributed by atoms with Gasteiger partial charge in [-0.05, 0) is 54.9 Å². The van der Waals surface area contributed by atoms with E-state index in [1.807, 2.05) is 16.8 Å². The largest absolute Gasteiger partial charge is 0.353 e. The van der Waals surface area contributed by atoms with E-state index in [0.29, 0.717) is 18.4 Å². The predicted molar refractivity (Wildman–Crippen MR) is 99.6 cm³/mol. The smallest absolute Gasteiger partial charge is 0.254 e. The van der Waals surface area contributed by atoms with Gasteiger partial charge in [0.2, 0.25) is 5.91 Å². The molecule has 2 amide bonds. The average Bonchev–Trinajstić information content (AvgIpc) is 3.13. The molecule has 3 aliphatic rings. The highest BCUT2D eigenvalue weighted by Crippen LogP contribution is 2.49. The van der Waals surface area contributed by atoms with Crippen molar-refractivity contribution in [2.45, 2.75) is 63.8 Å². The van der Waals surface area contributed by atoms with E-state index in [4.69, 9.17) is 0 Å². The maximum absolute atomic E-state index is 12.8. The third-order valence-electron chi connectivity index (χ3n) is 6.38. The lowest BCUT2D eigenvalue weighted by Gasteiger charge is -2.38. The van der Waals surface area contributed by atoms with Crippen LogP contribution in [0.1, 0.15) is 68.1 Å². The quantitative estimate of drug-likeness (QED) is 0.867. The fourth-order valence-electron chi connectivity index (χ4n) is 4.81. The number of hydrogen-bond donors (Lipinski definition) is 1. The highest BCUT2D eigenvalue weighted by Gasteiger charge is 2.47. The van der Waals surface area contributed by atoms with Gasteiger partial charge in [0.15, 0.2) is 0 Å². The summed E-state index contributed by atoms with van der Waals surface area (Å²) in [5, 5.41) is 7.03. The Morgan fingerprint density at radius 3 is 2.72 bits per heavy atom. The highest BCUT2D eigenvalue weighted by atomic mass is 32.1. The lowest BCUT2D eigenvalue weighted by atomic mass is 9.66. The molecular weight excluding hydrogens is 332 g/mol. The van der Waals surface area contributed by atoms with E-state index >= 15 is 0 Å². The van der Waals surface area contributed by atoms with Gasteiger partial charge in [-0.1, -0.05) is 19.3 Å². The second kappa shape index (κ2) is 7.10. The zero-order chi connectivity index (χ0) is 17.3. The van der Waals surface area contributed by atoms with Gasteiger partial charge < -0.3 is 10.2 Å². The van der Waals surface area contributed by atoms with Gasteiger partial charge in [0.1, 0.15) is 0 Å². The van der Waals surface area contributed by atoms with Crippen LogP contribution in [-0.2, 0) is 4.79 Å². The number of likely N-dealkylation sites (tertiary alicyclic amines) is 1. The highest BCUT2D eigenvalue weighted by molar-refractivity contribution is 7.08. The number of carbonyl (C=O) groups is 2. The summed E-state index contributed by atoms with van der Waals surface area (Å²) in [4.78, 5) is 27.0. The Hall–Kier alpha value is -1.36. The molecule has 1 spiro atoms. The van der Waals surface area contributed by atoms with Gasteiger partial charge in [-0.2, -0.15) is 11.3 Å². The Balaban J connectivity index is 1.43. The van der Waals surface area contributed by atoms with Crippen molar-refractivity contribution in [3.05, 3.63) is 22.4 Å². The SMILES string of the molecule is O=C(CCC1CN(C(=O)c2ccsc2)CC12CCCCC2)NC1CC1. The zero-order valence-electron chi connectivity index (χ0n) is 14.8. The van der Waals surface area contributed by atoms with Crippen molar-refractivity contribution < 1.29 is 9.59 Å². The van der Waals surface area contributed by atoms with Crippen molar-refractivity contribution >= 4 is 23.2 Å². The molecule has 0 radical (unpaired) electrons. The van der Waals surface area contributed by atoms with Gasteiger partial charge >= 0.3 is 0 Å². The fraction of sp³-hybridized carbons (Fsp3) is 0.700. The van der Waals surface area contributed by atoms with Crippen molar-refractivity contribution in [2.75, 3.05) is 13.1 Å². The zero-order valence-corrected chi connectivity index (χ0v) is 15.7. The van der Waals surface area contributed by atoms with Crippen molar-refractivity contribution in [1.82, 2.24) is 10.2 Å². The molecule has 0 aromatic carbocycles. The molecule has 136 valence electrons. The number of rotatable bonds is 5. The van der Waals surface area contributed by atoms with E-state index in [2.05, 4.69) is 10.2 Å². The van der Waals surface area contributed by atoms with E-state index in [0.717, 1.165) is 37.9 Å². The molecule has 3 fully saturated rings. The molecule has 2 aliphatic carbocycles. The van der Waals surface area contributed by atoms with Gasteiger partial charge in [0.05, 0.1) is 5.56 Å². The second-order valence-electron chi connectivity index (χ2n) is 8.20. The number of nitrogens with one attached hydrogen (secondary N) is 1. The van der Waals surface area contributed by atoms with Crippen molar-refractivity contribution in [2.24, 2.45) is 11.3 Å². The third-order valence-corrected chi connectivity index (χ3v) is 7.06. The summed E-state index contributed by atoms with van der Waals surface area (Å²) < 4.78 is 0. The van der Waals surface area contributed by atoms with Crippen molar-refractivity contribution in [3.8, 4) is 0 Å². The second-order valence-corrected chi connectivity index (χ2v) is 8.98. The normalized spacial score (nSPS) is 25.3. The topological polar surface area (TPSA) is 49.4 Å². The summed E-state index contributed by atoms with van der Waals surface area (Å²) in [5.74, 6) is 0.854. The molecule has 1 atom stereocenters. The van der Waals surface area contributed by atoms with Gasteiger partial charge in [0.25, 0.3) is 5.91 Å². The first-order chi connectivity index (χ1) is 12.2. The van der Waals surface area contributed by atoms with Gasteiger partial charge in [0, 0.05) is 30.9 Å². The molecule has 1 aromatic heterocycles. The number of hydrogen-bond acceptors (Lipinski definition) is 3. The molecule has 1 N–H and O–H groups in total.